The maximum Gasteiger partial charge on any atom is 0.266 e. The monoisotopic (exact) mass is 402 g/mol. The summed E-state index contributed by atoms with van der Waals surface area (Å²) in [6.45, 7) is 6.30. The number of amides is 1. The molecule has 1 aromatic heterocycles. The third-order valence-corrected chi connectivity index (χ3v) is 6.78. The van der Waals surface area contributed by atoms with Crippen LogP contribution in [0.25, 0.3) is 0 Å². The molecule has 6 heteroatoms. The van der Waals surface area contributed by atoms with Crippen molar-refractivity contribution in [1.29, 1.82) is 0 Å². The molecule has 0 saturated heterocycles. The molecule has 0 spiro atoms. The zero-order valence-electron chi connectivity index (χ0n) is 17.4. The first kappa shape index (κ1) is 20.6. The largest absolute Gasteiger partial charge is 0.497 e. The highest BCUT2D eigenvalue weighted by molar-refractivity contribution is 7.11. The standard InChI is InChI=1S/C22H30N2O3S/c1-14-6-8-17(9-7-14)24(22(25)21-15(2)23-13-28-21)16(3)19-11-10-18(26-4)12-20(19)27-5/h10-14,16-17H,6-9H2,1-5H3. The molecule has 2 aromatic rings. The van der Waals surface area contributed by atoms with Gasteiger partial charge in [0.25, 0.3) is 5.91 Å². The Labute approximate surface area is 171 Å². The van der Waals surface area contributed by atoms with Crippen LogP contribution in [0.15, 0.2) is 23.7 Å². The van der Waals surface area contributed by atoms with Crippen molar-refractivity contribution in [3.63, 3.8) is 0 Å². The summed E-state index contributed by atoms with van der Waals surface area (Å²) in [5.41, 5.74) is 3.55. The molecule has 28 heavy (non-hydrogen) atoms. The number of ether oxygens (including phenoxy) is 2. The number of carbonyl (C=O) groups excluding carboxylic acids is 1. The summed E-state index contributed by atoms with van der Waals surface area (Å²) >= 11 is 1.43. The van der Waals surface area contributed by atoms with E-state index in [2.05, 4.69) is 23.7 Å². The predicted molar refractivity (Wildman–Crippen MR) is 112 cm³/mol. The van der Waals surface area contributed by atoms with E-state index >= 15 is 0 Å². The number of nitrogens with zero attached hydrogens (tertiary/aromatic N) is 2. The van der Waals surface area contributed by atoms with E-state index in [1.807, 2.05) is 25.1 Å². The molecule has 1 aromatic carbocycles. The Balaban J connectivity index is 1.98. The van der Waals surface area contributed by atoms with Crippen molar-refractivity contribution in [3.05, 3.63) is 39.8 Å². The van der Waals surface area contributed by atoms with E-state index in [0.29, 0.717) is 0 Å². The number of thiazole rings is 1. The van der Waals surface area contributed by atoms with Gasteiger partial charge in [-0.3, -0.25) is 4.79 Å². The van der Waals surface area contributed by atoms with Crippen LogP contribution in [0.5, 0.6) is 11.5 Å². The molecular formula is C22H30N2O3S. The first-order valence-electron chi connectivity index (χ1n) is 9.90. The number of carbonyl (C=O) groups is 1. The maximum absolute atomic E-state index is 13.6. The van der Waals surface area contributed by atoms with Crippen LogP contribution < -0.4 is 9.47 Å². The van der Waals surface area contributed by atoms with Crippen LogP contribution in [0.1, 0.15) is 66.5 Å². The molecule has 1 heterocycles. The van der Waals surface area contributed by atoms with Gasteiger partial charge in [-0.2, -0.15) is 0 Å². The molecule has 1 aliphatic carbocycles. The lowest BCUT2D eigenvalue weighted by Gasteiger charge is -2.40. The lowest BCUT2D eigenvalue weighted by atomic mass is 9.85. The van der Waals surface area contributed by atoms with Crippen LogP contribution in [-0.2, 0) is 0 Å². The molecule has 152 valence electrons. The summed E-state index contributed by atoms with van der Waals surface area (Å²) in [5.74, 6) is 2.29. The molecule has 5 nitrogen and oxygen atoms in total. The van der Waals surface area contributed by atoms with E-state index in [-0.39, 0.29) is 18.0 Å². The molecule has 0 N–H and O–H groups in total. The molecule has 0 radical (unpaired) electrons. The molecule has 1 amide bonds. The number of rotatable bonds is 6. The molecular weight excluding hydrogens is 372 g/mol. The third-order valence-electron chi connectivity index (χ3n) is 5.86. The Bertz CT molecular complexity index is 812. The highest BCUT2D eigenvalue weighted by Gasteiger charge is 2.34. The number of hydrogen-bond donors (Lipinski definition) is 0. The first-order chi connectivity index (χ1) is 13.5. The van der Waals surface area contributed by atoms with Crippen molar-refractivity contribution in [2.45, 2.75) is 58.5 Å². The van der Waals surface area contributed by atoms with E-state index < -0.39 is 0 Å². The van der Waals surface area contributed by atoms with Gasteiger partial charge in [0.15, 0.2) is 0 Å². The molecule has 1 unspecified atom stereocenters. The maximum atomic E-state index is 13.6. The van der Waals surface area contributed by atoms with Crippen molar-refractivity contribution < 1.29 is 14.3 Å². The van der Waals surface area contributed by atoms with Gasteiger partial charge >= 0.3 is 0 Å². The zero-order chi connectivity index (χ0) is 20.3. The Morgan fingerprint density at radius 2 is 1.93 bits per heavy atom. The van der Waals surface area contributed by atoms with Gasteiger partial charge in [0.1, 0.15) is 16.4 Å². The topological polar surface area (TPSA) is 51.7 Å². The highest BCUT2D eigenvalue weighted by atomic mass is 32.1. The van der Waals surface area contributed by atoms with Gasteiger partial charge in [0.2, 0.25) is 0 Å². The van der Waals surface area contributed by atoms with Crippen molar-refractivity contribution in [1.82, 2.24) is 9.88 Å². The Hall–Kier alpha value is -2.08. The Kier molecular flexibility index (Phi) is 6.60. The van der Waals surface area contributed by atoms with Crippen LogP contribution in [0.4, 0.5) is 0 Å². The quantitative estimate of drug-likeness (QED) is 0.662. The molecule has 0 bridgehead atoms. The third kappa shape index (κ3) is 4.17. The fraction of sp³-hybridized carbons (Fsp3) is 0.545. The van der Waals surface area contributed by atoms with Crippen molar-refractivity contribution >= 4 is 17.2 Å². The van der Waals surface area contributed by atoms with Crippen molar-refractivity contribution in [3.8, 4) is 11.5 Å². The van der Waals surface area contributed by atoms with E-state index in [0.717, 1.165) is 59.2 Å². The van der Waals surface area contributed by atoms with Crippen molar-refractivity contribution in [2.24, 2.45) is 5.92 Å². The van der Waals surface area contributed by atoms with E-state index in [9.17, 15) is 4.79 Å². The normalized spacial score (nSPS) is 20.5. The Morgan fingerprint density at radius 1 is 1.21 bits per heavy atom. The number of methoxy groups -OCH3 is 2. The molecule has 1 aliphatic rings. The number of aryl methyl sites for hydroxylation is 1. The fourth-order valence-corrected chi connectivity index (χ4v) is 4.86. The number of hydrogen-bond acceptors (Lipinski definition) is 5. The van der Waals surface area contributed by atoms with E-state index in [4.69, 9.17) is 9.47 Å². The average Bonchev–Trinajstić information content (AvgIpc) is 3.14. The minimum Gasteiger partial charge on any atom is -0.497 e. The summed E-state index contributed by atoms with van der Waals surface area (Å²) < 4.78 is 11.0. The van der Waals surface area contributed by atoms with Gasteiger partial charge in [0, 0.05) is 17.7 Å². The molecule has 1 atom stereocenters. The zero-order valence-corrected chi connectivity index (χ0v) is 18.2. The second-order valence-electron chi connectivity index (χ2n) is 7.68. The second-order valence-corrected chi connectivity index (χ2v) is 8.53. The van der Waals surface area contributed by atoms with Gasteiger partial charge in [-0.05, 0) is 57.6 Å². The van der Waals surface area contributed by atoms with Gasteiger partial charge in [-0.1, -0.05) is 6.92 Å². The summed E-state index contributed by atoms with van der Waals surface area (Å²) in [6.07, 6.45) is 4.38. The first-order valence-corrected chi connectivity index (χ1v) is 10.8. The molecule has 1 fully saturated rings. The van der Waals surface area contributed by atoms with Crippen molar-refractivity contribution in [2.75, 3.05) is 14.2 Å². The molecule has 0 aliphatic heterocycles. The fourth-order valence-electron chi connectivity index (χ4n) is 4.12. The van der Waals surface area contributed by atoms with E-state index in [1.165, 1.54) is 11.3 Å². The predicted octanol–water partition coefficient (Wildman–Crippen LogP) is 5.25. The van der Waals surface area contributed by atoms with Gasteiger partial charge in [-0.25, -0.2) is 4.98 Å². The molecule has 3 rings (SSSR count). The van der Waals surface area contributed by atoms with Gasteiger partial charge in [-0.15, -0.1) is 11.3 Å². The van der Waals surface area contributed by atoms with Crippen LogP contribution >= 0.6 is 11.3 Å². The minimum absolute atomic E-state index is 0.0740. The van der Waals surface area contributed by atoms with E-state index in [1.54, 1.807) is 19.7 Å². The summed E-state index contributed by atoms with van der Waals surface area (Å²) in [6, 6.07) is 5.95. The van der Waals surface area contributed by atoms with Crippen LogP contribution in [-0.4, -0.2) is 36.1 Å². The highest BCUT2D eigenvalue weighted by Crippen LogP contribution is 2.38. The van der Waals surface area contributed by atoms with Crippen LogP contribution in [0, 0.1) is 12.8 Å². The second kappa shape index (κ2) is 8.95. The van der Waals surface area contributed by atoms with Crippen LogP contribution in [0.2, 0.25) is 0 Å². The van der Waals surface area contributed by atoms with Gasteiger partial charge < -0.3 is 14.4 Å². The number of benzene rings is 1. The SMILES string of the molecule is COc1ccc(C(C)N(C(=O)c2scnc2C)C2CCC(C)CC2)c(OC)c1. The lowest BCUT2D eigenvalue weighted by molar-refractivity contribution is 0.0508. The van der Waals surface area contributed by atoms with Crippen LogP contribution in [0.3, 0.4) is 0 Å². The Morgan fingerprint density at radius 3 is 2.50 bits per heavy atom. The average molecular weight is 403 g/mol. The summed E-state index contributed by atoms with van der Waals surface area (Å²) in [4.78, 5) is 20.7. The minimum atomic E-state index is -0.103. The summed E-state index contributed by atoms with van der Waals surface area (Å²) in [5, 5.41) is 0. The number of aromatic nitrogens is 1. The summed E-state index contributed by atoms with van der Waals surface area (Å²) in [7, 11) is 3.30. The van der Waals surface area contributed by atoms with Gasteiger partial charge in [0.05, 0.1) is 31.5 Å². The molecule has 1 saturated carbocycles. The lowest BCUT2D eigenvalue weighted by Crippen LogP contribution is -2.43. The smallest absolute Gasteiger partial charge is 0.266 e.